The number of hydrogen-bond acceptors (Lipinski definition) is 5. The molecular formula is C17H20N2O3S. The highest BCUT2D eigenvalue weighted by molar-refractivity contribution is 8.00. The Morgan fingerprint density at radius 2 is 1.96 bits per heavy atom. The highest BCUT2D eigenvalue weighted by Gasteiger charge is 2.10. The summed E-state index contributed by atoms with van der Waals surface area (Å²) in [5, 5.41) is 2.86. The Hall–Kier alpha value is -2.21. The minimum Gasteiger partial charge on any atom is -0.493 e. The zero-order valence-electron chi connectivity index (χ0n) is 13.5. The lowest BCUT2D eigenvalue weighted by atomic mass is 10.2. The van der Waals surface area contributed by atoms with E-state index in [2.05, 4.69) is 10.3 Å². The largest absolute Gasteiger partial charge is 0.493 e. The van der Waals surface area contributed by atoms with E-state index < -0.39 is 0 Å². The van der Waals surface area contributed by atoms with Crippen LogP contribution in [0.4, 0.5) is 0 Å². The van der Waals surface area contributed by atoms with Crippen molar-refractivity contribution >= 4 is 17.7 Å². The standard InChI is InChI=1S/C17H20N2O3S/c1-12-8-14(21-2)15(22-3)9-16(12)23-11-17(20)19-10-13-6-4-5-7-18-13/h4-9H,10-11H2,1-3H3,(H,19,20). The minimum atomic E-state index is -0.0326. The second kappa shape index (κ2) is 8.43. The van der Waals surface area contributed by atoms with Crippen LogP contribution in [-0.2, 0) is 11.3 Å². The molecule has 1 amide bonds. The van der Waals surface area contributed by atoms with Crippen LogP contribution in [0.15, 0.2) is 41.4 Å². The van der Waals surface area contributed by atoms with Crippen molar-refractivity contribution in [2.75, 3.05) is 20.0 Å². The normalized spacial score (nSPS) is 10.2. The summed E-state index contributed by atoms with van der Waals surface area (Å²) in [6.07, 6.45) is 1.71. The number of benzene rings is 1. The zero-order chi connectivity index (χ0) is 16.7. The number of nitrogens with one attached hydrogen (secondary N) is 1. The number of aromatic nitrogens is 1. The van der Waals surface area contributed by atoms with Gasteiger partial charge in [0.15, 0.2) is 11.5 Å². The van der Waals surface area contributed by atoms with Gasteiger partial charge in [0.1, 0.15) is 0 Å². The first-order valence-electron chi connectivity index (χ1n) is 7.16. The number of thioether (sulfide) groups is 1. The van der Waals surface area contributed by atoms with Crippen LogP contribution in [0.2, 0.25) is 0 Å². The van der Waals surface area contributed by atoms with E-state index in [1.165, 1.54) is 11.8 Å². The first-order chi connectivity index (χ1) is 11.1. The van der Waals surface area contributed by atoms with Crippen LogP contribution in [0.3, 0.4) is 0 Å². The Morgan fingerprint density at radius 3 is 2.61 bits per heavy atom. The molecule has 0 saturated heterocycles. The number of rotatable bonds is 7. The number of amides is 1. The van der Waals surface area contributed by atoms with Crippen LogP contribution in [0.1, 0.15) is 11.3 Å². The molecule has 5 nitrogen and oxygen atoms in total. The molecule has 0 bridgehead atoms. The minimum absolute atomic E-state index is 0.0326. The van der Waals surface area contributed by atoms with Crippen LogP contribution in [0, 0.1) is 6.92 Å². The molecule has 23 heavy (non-hydrogen) atoms. The summed E-state index contributed by atoms with van der Waals surface area (Å²) < 4.78 is 10.6. The van der Waals surface area contributed by atoms with Crippen molar-refractivity contribution in [2.24, 2.45) is 0 Å². The third-order valence-corrected chi connectivity index (χ3v) is 4.39. The van der Waals surface area contributed by atoms with Gasteiger partial charge in [-0.3, -0.25) is 9.78 Å². The molecule has 1 aromatic heterocycles. The third kappa shape index (κ3) is 4.89. The molecule has 0 spiro atoms. The van der Waals surface area contributed by atoms with E-state index in [1.807, 2.05) is 37.3 Å². The highest BCUT2D eigenvalue weighted by atomic mass is 32.2. The lowest BCUT2D eigenvalue weighted by Gasteiger charge is -2.12. The summed E-state index contributed by atoms with van der Waals surface area (Å²) in [5.74, 6) is 1.65. The maximum Gasteiger partial charge on any atom is 0.230 e. The van der Waals surface area contributed by atoms with E-state index in [9.17, 15) is 4.79 Å². The first-order valence-corrected chi connectivity index (χ1v) is 8.14. The molecule has 2 aromatic rings. The number of nitrogens with zero attached hydrogens (tertiary/aromatic N) is 1. The van der Waals surface area contributed by atoms with Crippen molar-refractivity contribution in [3.63, 3.8) is 0 Å². The molecule has 0 aliphatic carbocycles. The summed E-state index contributed by atoms with van der Waals surface area (Å²) in [7, 11) is 3.20. The lowest BCUT2D eigenvalue weighted by molar-refractivity contribution is -0.118. The quantitative estimate of drug-likeness (QED) is 0.790. The topological polar surface area (TPSA) is 60.5 Å². The molecule has 0 aliphatic rings. The predicted octanol–water partition coefficient (Wildman–Crippen LogP) is 2.82. The number of ether oxygens (including phenoxy) is 2. The molecule has 1 N–H and O–H groups in total. The van der Waals surface area contributed by atoms with Gasteiger partial charge < -0.3 is 14.8 Å². The van der Waals surface area contributed by atoms with Crippen LogP contribution in [0.25, 0.3) is 0 Å². The van der Waals surface area contributed by atoms with Gasteiger partial charge in [0.2, 0.25) is 5.91 Å². The third-order valence-electron chi connectivity index (χ3n) is 3.23. The molecule has 122 valence electrons. The van der Waals surface area contributed by atoms with Gasteiger partial charge in [-0.15, -0.1) is 11.8 Å². The lowest BCUT2D eigenvalue weighted by Crippen LogP contribution is -2.24. The number of carbonyl (C=O) groups excluding carboxylic acids is 1. The fraction of sp³-hybridized carbons (Fsp3) is 0.294. The van der Waals surface area contributed by atoms with Gasteiger partial charge in [0.25, 0.3) is 0 Å². The Labute approximate surface area is 140 Å². The number of hydrogen-bond donors (Lipinski definition) is 1. The van der Waals surface area contributed by atoms with Gasteiger partial charge in [-0.25, -0.2) is 0 Å². The Kier molecular flexibility index (Phi) is 6.29. The van der Waals surface area contributed by atoms with Gasteiger partial charge in [-0.2, -0.15) is 0 Å². The molecule has 1 aromatic carbocycles. The second-order valence-corrected chi connectivity index (χ2v) is 5.88. The fourth-order valence-electron chi connectivity index (χ4n) is 2.00. The van der Waals surface area contributed by atoms with E-state index in [0.717, 1.165) is 16.2 Å². The molecule has 2 rings (SSSR count). The molecule has 0 unspecified atom stereocenters. The number of carbonyl (C=O) groups is 1. The van der Waals surface area contributed by atoms with Gasteiger partial charge in [0, 0.05) is 11.1 Å². The maximum atomic E-state index is 12.0. The van der Waals surface area contributed by atoms with Gasteiger partial charge in [-0.05, 0) is 36.8 Å². The maximum absolute atomic E-state index is 12.0. The second-order valence-electron chi connectivity index (χ2n) is 4.86. The van der Waals surface area contributed by atoms with Crippen molar-refractivity contribution in [2.45, 2.75) is 18.4 Å². The molecule has 6 heteroatoms. The van der Waals surface area contributed by atoms with Crippen LogP contribution >= 0.6 is 11.8 Å². The van der Waals surface area contributed by atoms with E-state index in [4.69, 9.17) is 9.47 Å². The predicted molar refractivity (Wildman–Crippen MR) is 91.1 cm³/mol. The van der Waals surface area contributed by atoms with Crippen molar-refractivity contribution in [3.05, 3.63) is 47.8 Å². The molecule has 0 saturated carbocycles. The Bertz CT molecular complexity index is 662. The van der Waals surface area contributed by atoms with Crippen molar-refractivity contribution in [3.8, 4) is 11.5 Å². The van der Waals surface area contributed by atoms with Crippen LogP contribution in [0.5, 0.6) is 11.5 Å². The van der Waals surface area contributed by atoms with E-state index in [0.29, 0.717) is 23.8 Å². The summed E-state index contributed by atoms with van der Waals surface area (Å²) in [5.41, 5.74) is 1.89. The van der Waals surface area contributed by atoms with Crippen LogP contribution < -0.4 is 14.8 Å². The van der Waals surface area contributed by atoms with Crippen molar-refractivity contribution in [1.82, 2.24) is 10.3 Å². The monoisotopic (exact) mass is 332 g/mol. The number of methoxy groups -OCH3 is 2. The molecule has 0 fully saturated rings. The highest BCUT2D eigenvalue weighted by Crippen LogP contribution is 2.34. The molecular weight excluding hydrogens is 312 g/mol. The van der Waals surface area contributed by atoms with Crippen LogP contribution in [-0.4, -0.2) is 30.9 Å². The van der Waals surface area contributed by atoms with Crippen molar-refractivity contribution < 1.29 is 14.3 Å². The van der Waals surface area contributed by atoms with Gasteiger partial charge in [-0.1, -0.05) is 6.07 Å². The Balaban J connectivity index is 1.91. The van der Waals surface area contributed by atoms with E-state index >= 15 is 0 Å². The average Bonchev–Trinajstić information content (AvgIpc) is 2.59. The average molecular weight is 332 g/mol. The Morgan fingerprint density at radius 1 is 1.22 bits per heavy atom. The molecule has 0 aliphatic heterocycles. The van der Waals surface area contributed by atoms with E-state index in [-0.39, 0.29) is 5.91 Å². The number of pyridine rings is 1. The molecule has 0 atom stereocenters. The SMILES string of the molecule is COc1cc(C)c(SCC(=O)NCc2ccccn2)cc1OC. The fourth-order valence-corrected chi connectivity index (χ4v) is 2.87. The summed E-state index contributed by atoms with van der Waals surface area (Å²) in [4.78, 5) is 17.1. The van der Waals surface area contributed by atoms with E-state index in [1.54, 1.807) is 20.4 Å². The molecule has 1 heterocycles. The molecule has 0 radical (unpaired) electrons. The van der Waals surface area contributed by atoms with Gasteiger partial charge >= 0.3 is 0 Å². The van der Waals surface area contributed by atoms with Gasteiger partial charge in [0.05, 0.1) is 32.2 Å². The van der Waals surface area contributed by atoms with Crippen molar-refractivity contribution in [1.29, 1.82) is 0 Å². The number of aryl methyl sites for hydroxylation is 1. The summed E-state index contributed by atoms with van der Waals surface area (Å²) in [6, 6.07) is 9.43. The zero-order valence-corrected chi connectivity index (χ0v) is 14.3. The first kappa shape index (κ1) is 17.1. The summed E-state index contributed by atoms with van der Waals surface area (Å²) >= 11 is 1.47. The smallest absolute Gasteiger partial charge is 0.230 e. The summed E-state index contributed by atoms with van der Waals surface area (Å²) in [6.45, 7) is 2.42.